The van der Waals surface area contributed by atoms with Crippen LogP contribution in [0.25, 0.3) is 0 Å². The van der Waals surface area contributed by atoms with Crippen LogP contribution in [-0.2, 0) is 14.8 Å². The third kappa shape index (κ3) is 5.22. The molecule has 0 atom stereocenters. The second kappa shape index (κ2) is 9.51. The summed E-state index contributed by atoms with van der Waals surface area (Å²) in [5.41, 5.74) is 2.66. The van der Waals surface area contributed by atoms with Crippen LogP contribution in [0.5, 0.6) is 0 Å². The van der Waals surface area contributed by atoms with Crippen molar-refractivity contribution in [2.75, 3.05) is 10.8 Å². The Kier molecular flexibility index (Phi) is 6.81. The zero-order valence-electron chi connectivity index (χ0n) is 15.6. The van der Waals surface area contributed by atoms with Crippen LogP contribution in [0.4, 0.5) is 10.1 Å². The first-order valence-corrected chi connectivity index (χ1v) is 10.6. The average Bonchev–Trinajstić information content (AvgIpc) is 2.73. The number of para-hydroxylation sites is 1. The highest BCUT2D eigenvalue weighted by Crippen LogP contribution is 2.25. The molecule has 1 amide bonds. The Labute approximate surface area is 178 Å². The van der Waals surface area contributed by atoms with Gasteiger partial charge in [0.05, 0.1) is 16.8 Å². The molecule has 3 aromatic rings. The standard InChI is InChI=1S/C21H17ClFN3O3S/c22-17-8-6-7-16(13-17)14-24-25-21(27)15-26(20-12-5-4-11-19(20)23)30(28,29)18-9-2-1-3-10-18/h1-14H,15H2,(H,25,27)/b24-14-. The van der Waals surface area contributed by atoms with E-state index in [1.165, 1.54) is 36.5 Å². The molecule has 0 spiro atoms. The molecule has 1 N–H and O–H groups in total. The number of carbonyl (C=O) groups excluding carboxylic acids is 1. The van der Waals surface area contributed by atoms with Gasteiger partial charge in [0.15, 0.2) is 0 Å². The second-order valence-electron chi connectivity index (χ2n) is 6.12. The van der Waals surface area contributed by atoms with E-state index in [-0.39, 0.29) is 10.6 Å². The number of hydrogen-bond acceptors (Lipinski definition) is 4. The molecular formula is C21H17ClFN3O3S. The lowest BCUT2D eigenvalue weighted by atomic mass is 10.2. The molecule has 0 radical (unpaired) electrons. The second-order valence-corrected chi connectivity index (χ2v) is 8.42. The molecule has 0 unspecified atom stereocenters. The molecule has 6 nitrogen and oxygen atoms in total. The van der Waals surface area contributed by atoms with Crippen molar-refractivity contribution in [2.24, 2.45) is 5.10 Å². The van der Waals surface area contributed by atoms with Gasteiger partial charge in [0.2, 0.25) is 0 Å². The largest absolute Gasteiger partial charge is 0.271 e. The number of benzene rings is 3. The minimum atomic E-state index is -4.19. The van der Waals surface area contributed by atoms with Crippen LogP contribution < -0.4 is 9.73 Å². The number of anilines is 1. The van der Waals surface area contributed by atoms with E-state index in [1.54, 1.807) is 42.5 Å². The fourth-order valence-corrected chi connectivity index (χ4v) is 4.25. The molecular weight excluding hydrogens is 429 g/mol. The van der Waals surface area contributed by atoms with Gasteiger partial charge in [-0.3, -0.25) is 9.10 Å². The van der Waals surface area contributed by atoms with Crippen LogP contribution in [0.3, 0.4) is 0 Å². The maximum atomic E-state index is 14.4. The zero-order chi connectivity index (χ0) is 21.6. The van der Waals surface area contributed by atoms with Crippen molar-refractivity contribution in [2.45, 2.75) is 4.90 Å². The lowest BCUT2D eigenvalue weighted by Gasteiger charge is -2.24. The lowest BCUT2D eigenvalue weighted by Crippen LogP contribution is -2.40. The third-order valence-electron chi connectivity index (χ3n) is 3.99. The first kappa shape index (κ1) is 21.5. The number of rotatable bonds is 7. The van der Waals surface area contributed by atoms with E-state index in [4.69, 9.17) is 11.6 Å². The van der Waals surface area contributed by atoms with Gasteiger partial charge in [-0.25, -0.2) is 18.2 Å². The average molecular weight is 446 g/mol. The molecule has 3 aromatic carbocycles. The predicted molar refractivity (Wildman–Crippen MR) is 115 cm³/mol. The minimum Gasteiger partial charge on any atom is -0.271 e. The topological polar surface area (TPSA) is 78.8 Å². The summed E-state index contributed by atoms with van der Waals surface area (Å²) in [6.45, 7) is -0.662. The molecule has 0 saturated heterocycles. The summed E-state index contributed by atoms with van der Waals surface area (Å²) in [5, 5.41) is 4.31. The van der Waals surface area contributed by atoms with E-state index in [1.807, 2.05) is 0 Å². The molecule has 0 bridgehead atoms. The Balaban J connectivity index is 1.84. The van der Waals surface area contributed by atoms with Gasteiger partial charge in [-0.05, 0) is 42.0 Å². The Morgan fingerprint density at radius 3 is 2.43 bits per heavy atom. The Bertz CT molecular complexity index is 1170. The van der Waals surface area contributed by atoms with Gasteiger partial charge in [0.25, 0.3) is 15.9 Å². The quantitative estimate of drug-likeness (QED) is 0.443. The summed E-state index contributed by atoms with van der Waals surface area (Å²) in [6.07, 6.45) is 1.36. The van der Waals surface area contributed by atoms with Gasteiger partial charge in [0.1, 0.15) is 12.4 Å². The number of nitrogens with zero attached hydrogens (tertiary/aromatic N) is 2. The molecule has 154 valence electrons. The van der Waals surface area contributed by atoms with Crippen LogP contribution in [-0.4, -0.2) is 27.1 Å². The summed E-state index contributed by atoms with van der Waals surface area (Å²) in [4.78, 5) is 12.3. The van der Waals surface area contributed by atoms with E-state index < -0.39 is 28.3 Å². The van der Waals surface area contributed by atoms with Crippen molar-refractivity contribution in [3.8, 4) is 0 Å². The monoisotopic (exact) mass is 445 g/mol. The molecule has 0 aliphatic heterocycles. The molecule has 0 aliphatic carbocycles. The normalized spacial score (nSPS) is 11.4. The van der Waals surface area contributed by atoms with Crippen molar-refractivity contribution < 1.29 is 17.6 Å². The van der Waals surface area contributed by atoms with Gasteiger partial charge in [-0.2, -0.15) is 5.10 Å². The number of sulfonamides is 1. The highest BCUT2D eigenvalue weighted by atomic mass is 35.5. The van der Waals surface area contributed by atoms with E-state index in [9.17, 15) is 17.6 Å². The number of nitrogens with one attached hydrogen (secondary N) is 1. The predicted octanol–water partition coefficient (Wildman–Crippen LogP) is 3.82. The Hall–Kier alpha value is -3.23. The van der Waals surface area contributed by atoms with Gasteiger partial charge >= 0.3 is 0 Å². The van der Waals surface area contributed by atoms with Crippen LogP contribution in [0, 0.1) is 5.82 Å². The van der Waals surface area contributed by atoms with E-state index >= 15 is 0 Å². The first-order chi connectivity index (χ1) is 14.4. The number of hydrazone groups is 1. The summed E-state index contributed by atoms with van der Waals surface area (Å²) < 4.78 is 41.2. The van der Waals surface area contributed by atoms with Crippen LogP contribution in [0.2, 0.25) is 5.02 Å². The van der Waals surface area contributed by atoms with Gasteiger partial charge in [0, 0.05) is 5.02 Å². The molecule has 3 rings (SSSR count). The van der Waals surface area contributed by atoms with Crippen molar-refractivity contribution in [3.05, 3.63) is 95.3 Å². The zero-order valence-corrected chi connectivity index (χ0v) is 17.1. The maximum absolute atomic E-state index is 14.4. The number of amides is 1. The lowest BCUT2D eigenvalue weighted by molar-refractivity contribution is -0.119. The van der Waals surface area contributed by atoms with Gasteiger partial charge in [-0.1, -0.05) is 54.1 Å². The SMILES string of the molecule is O=C(CN(c1ccccc1F)S(=O)(=O)c1ccccc1)N/N=C\c1cccc(Cl)c1. The molecule has 30 heavy (non-hydrogen) atoms. The summed E-state index contributed by atoms with van der Waals surface area (Å²) in [6, 6.07) is 19.6. The fourth-order valence-electron chi connectivity index (χ4n) is 2.60. The van der Waals surface area contributed by atoms with Gasteiger partial charge in [-0.15, -0.1) is 0 Å². The van der Waals surface area contributed by atoms with Crippen molar-refractivity contribution in [3.63, 3.8) is 0 Å². The molecule has 0 aliphatic rings. The molecule has 0 fully saturated rings. The molecule has 0 saturated carbocycles. The van der Waals surface area contributed by atoms with Crippen molar-refractivity contribution >= 4 is 39.4 Å². The number of carbonyl (C=O) groups is 1. The Morgan fingerprint density at radius 1 is 1.03 bits per heavy atom. The van der Waals surface area contributed by atoms with Crippen LogP contribution >= 0.6 is 11.6 Å². The fraction of sp³-hybridized carbons (Fsp3) is 0.0476. The highest BCUT2D eigenvalue weighted by Gasteiger charge is 2.28. The van der Waals surface area contributed by atoms with E-state index in [0.29, 0.717) is 14.9 Å². The molecule has 0 heterocycles. The van der Waals surface area contributed by atoms with Crippen LogP contribution in [0.15, 0.2) is 88.9 Å². The highest BCUT2D eigenvalue weighted by molar-refractivity contribution is 7.92. The number of halogens is 2. The number of hydrogen-bond donors (Lipinski definition) is 1. The minimum absolute atomic E-state index is 0.0662. The smallest absolute Gasteiger partial charge is 0.264 e. The summed E-state index contributed by atoms with van der Waals surface area (Å²) in [7, 11) is -4.19. The van der Waals surface area contributed by atoms with Crippen LogP contribution in [0.1, 0.15) is 5.56 Å². The molecule has 9 heteroatoms. The van der Waals surface area contributed by atoms with Gasteiger partial charge < -0.3 is 0 Å². The van der Waals surface area contributed by atoms with E-state index in [2.05, 4.69) is 10.5 Å². The summed E-state index contributed by atoms with van der Waals surface area (Å²) >= 11 is 5.89. The first-order valence-electron chi connectivity index (χ1n) is 8.78. The Morgan fingerprint density at radius 2 is 1.73 bits per heavy atom. The van der Waals surface area contributed by atoms with Crippen molar-refractivity contribution in [1.82, 2.24) is 5.43 Å². The molecule has 0 aromatic heterocycles. The van der Waals surface area contributed by atoms with E-state index in [0.717, 1.165) is 6.07 Å². The summed E-state index contributed by atoms with van der Waals surface area (Å²) in [5.74, 6) is -1.51. The van der Waals surface area contributed by atoms with Crippen molar-refractivity contribution in [1.29, 1.82) is 0 Å². The third-order valence-corrected chi connectivity index (χ3v) is 6.00. The maximum Gasteiger partial charge on any atom is 0.264 e.